The van der Waals surface area contributed by atoms with Gasteiger partial charge in [0.05, 0.1) is 11.4 Å². The van der Waals surface area contributed by atoms with Gasteiger partial charge < -0.3 is 11.1 Å². The first-order chi connectivity index (χ1) is 7.18. The first kappa shape index (κ1) is 10.2. The summed E-state index contributed by atoms with van der Waals surface area (Å²) in [6, 6.07) is 2.42. The summed E-state index contributed by atoms with van der Waals surface area (Å²) in [5.74, 6) is -1.17. The molecule has 0 radical (unpaired) electrons. The quantitative estimate of drug-likeness (QED) is 0.756. The Labute approximate surface area is 87.5 Å². The van der Waals surface area contributed by atoms with Crippen molar-refractivity contribution in [1.82, 2.24) is 0 Å². The number of hydrogen-bond acceptors (Lipinski definition) is 2. The lowest BCUT2D eigenvalue weighted by Crippen LogP contribution is -2.22. The molecular formula is C11H14F2N2. The second-order valence-corrected chi connectivity index (χ2v) is 4.00. The highest BCUT2D eigenvalue weighted by atomic mass is 19.2. The largest absolute Gasteiger partial charge is 0.397 e. The lowest BCUT2D eigenvalue weighted by Gasteiger charge is -2.26. The van der Waals surface area contributed by atoms with Crippen LogP contribution in [0.4, 0.5) is 20.2 Å². The second kappa shape index (κ2) is 4.04. The van der Waals surface area contributed by atoms with Gasteiger partial charge in [-0.15, -0.1) is 0 Å². The number of anilines is 2. The molecule has 0 atom stereocenters. The van der Waals surface area contributed by atoms with Crippen LogP contribution in [0.25, 0.3) is 0 Å². The summed E-state index contributed by atoms with van der Waals surface area (Å²) < 4.78 is 26.2. The topological polar surface area (TPSA) is 38.0 Å². The maximum atomic E-state index is 13.3. The van der Waals surface area contributed by atoms with Gasteiger partial charge in [0.25, 0.3) is 0 Å². The maximum absolute atomic E-state index is 13.3. The van der Waals surface area contributed by atoms with Crippen molar-refractivity contribution in [3.05, 3.63) is 23.8 Å². The molecule has 0 aliphatic heterocycles. The minimum atomic E-state index is -0.880. The molecule has 1 aliphatic rings. The molecule has 15 heavy (non-hydrogen) atoms. The number of nitrogen functional groups attached to an aromatic ring is 1. The summed E-state index contributed by atoms with van der Waals surface area (Å²) in [6.07, 6.45) is 3.54. The lowest BCUT2D eigenvalue weighted by atomic mass is 9.85. The SMILES string of the molecule is Nc1ccc(F)c(F)c1NCC1CCC1. The van der Waals surface area contributed by atoms with Crippen LogP contribution in [0.1, 0.15) is 19.3 Å². The normalized spacial score (nSPS) is 16.1. The third kappa shape index (κ3) is 2.03. The zero-order valence-electron chi connectivity index (χ0n) is 8.39. The van der Waals surface area contributed by atoms with Gasteiger partial charge in [-0.3, -0.25) is 0 Å². The van der Waals surface area contributed by atoms with Gasteiger partial charge in [-0.1, -0.05) is 6.42 Å². The van der Waals surface area contributed by atoms with Crippen LogP contribution in [-0.4, -0.2) is 6.54 Å². The molecule has 0 spiro atoms. The summed E-state index contributed by atoms with van der Waals surface area (Å²) >= 11 is 0. The van der Waals surface area contributed by atoms with Gasteiger partial charge in [-0.05, 0) is 30.9 Å². The van der Waals surface area contributed by atoms with E-state index in [0.717, 1.165) is 18.9 Å². The molecule has 1 saturated carbocycles. The van der Waals surface area contributed by atoms with Crippen LogP contribution in [-0.2, 0) is 0 Å². The third-order valence-electron chi connectivity index (χ3n) is 2.92. The summed E-state index contributed by atoms with van der Waals surface area (Å²) in [7, 11) is 0. The monoisotopic (exact) mass is 212 g/mol. The molecule has 2 rings (SSSR count). The van der Waals surface area contributed by atoms with Crippen molar-refractivity contribution in [3.8, 4) is 0 Å². The Kier molecular flexibility index (Phi) is 2.75. The molecule has 1 aliphatic carbocycles. The van der Waals surface area contributed by atoms with E-state index in [1.54, 1.807) is 0 Å². The van der Waals surface area contributed by atoms with Gasteiger partial charge >= 0.3 is 0 Å². The van der Waals surface area contributed by atoms with Gasteiger partial charge in [-0.2, -0.15) is 0 Å². The van der Waals surface area contributed by atoms with Gasteiger partial charge in [0.15, 0.2) is 11.6 Å². The molecule has 82 valence electrons. The smallest absolute Gasteiger partial charge is 0.183 e. The first-order valence-electron chi connectivity index (χ1n) is 5.16. The van der Waals surface area contributed by atoms with E-state index in [2.05, 4.69) is 5.32 Å². The summed E-state index contributed by atoms with van der Waals surface area (Å²) in [5.41, 5.74) is 5.92. The van der Waals surface area contributed by atoms with Gasteiger partial charge in [-0.25, -0.2) is 8.78 Å². The average molecular weight is 212 g/mol. The second-order valence-electron chi connectivity index (χ2n) is 4.00. The standard InChI is InChI=1S/C11H14F2N2/c12-8-4-5-9(14)11(10(8)13)15-6-7-2-1-3-7/h4-5,7,15H,1-3,6,14H2. The Morgan fingerprint density at radius 2 is 2.07 bits per heavy atom. The molecule has 0 unspecified atom stereocenters. The number of benzene rings is 1. The highest BCUT2D eigenvalue weighted by Crippen LogP contribution is 2.29. The van der Waals surface area contributed by atoms with Crippen LogP contribution in [0, 0.1) is 17.6 Å². The molecule has 4 heteroatoms. The van der Waals surface area contributed by atoms with Crippen LogP contribution in [0.3, 0.4) is 0 Å². The minimum Gasteiger partial charge on any atom is -0.397 e. The predicted octanol–water partition coefficient (Wildman–Crippen LogP) is 2.76. The van der Waals surface area contributed by atoms with E-state index in [-0.39, 0.29) is 11.4 Å². The predicted molar refractivity (Wildman–Crippen MR) is 56.6 cm³/mol. The van der Waals surface area contributed by atoms with Crippen molar-refractivity contribution >= 4 is 11.4 Å². The van der Waals surface area contributed by atoms with Crippen LogP contribution in [0.15, 0.2) is 12.1 Å². The lowest BCUT2D eigenvalue weighted by molar-refractivity contribution is 0.333. The number of nitrogens with one attached hydrogen (secondary N) is 1. The van der Waals surface area contributed by atoms with E-state index < -0.39 is 11.6 Å². The molecule has 1 fully saturated rings. The zero-order valence-corrected chi connectivity index (χ0v) is 8.39. The Morgan fingerprint density at radius 3 is 2.67 bits per heavy atom. The molecule has 0 bridgehead atoms. The van der Waals surface area contributed by atoms with E-state index in [0.29, 0.717) is 12.5 Å². The van der Waals surface area contributed by atoms with Gasteiger partial charge in [0, 0.05) is 6.54 Å². The maximum Gasteiger partial charge on any atom is 0.183 e. The van der Waals surface area contributed by atoms with Crippen LogP contribution < -0.4 is 11.1 Å². The Morgan fingerprint density at radius 1 is 1.33 bits per heavy atom. The minimum absolute atomic E-state index is 0.0990. The number of rotatable bonds is 3. The number of nitrogens with two attached hydrogens (primary N) is 1. The summed E-state index contributed by atoms with van der Waals surface area (Å²) in [5, 5.41) is 2.88. The molecule has 1 aromatic rings. The molecule has 0 aromatic heterocycles. The number of hydrogen-bond donors (Lipinski definition) is 2. The van der Waals surface area contributed by atoms with E-state index in [4.69, 9.17) is 5.73 Å². The van der Waals surface area contributed by atoms with E-state index >= 15 is 0 Å². The first-order valence-corrected chi connectivity index (χ1v) is 5.16. The Balaban J connectivity index is 2.08. The Hall–Kier alpha value is -1.32. The van der Waals surface area contributed by atoms with Crippen molar-refractivity contribution in [2.45, 2.75) is 19.3 Å². The van der Waals surface area contributed by atoms with Gasteiger partial charge in [0.2, 0.25) is 0 Å². The highest BCUT2D eigenvalue weighted by molar-refractivity contribution is 5.66. The molecule has 0 amide bonds. The highest BCUT2D eigenvalue weighted by Gasteiger charge is 2.18. The van der Waals surface area contributed by atoms with Crippen LogP contribution in [0.2, 0.25) is 0 Å². The fraction of sp³-hybridized carbons (Fsp3) is 0.455. The number of halogens is 2. The fourth-order valence-electron chi connectivity index (χ4n) is 1.69. The molecular weight excluding hydrogens is 198 g/mol. The van der Waals surface area contributed by atoms with E-state index in [9.17, 15) is 8.78 Å². The van der Waals surface area contributed by atoms with Crippen molar-refractivity contribution < 1.29 is 8.78 Å². The summed E-state index contributed by atoms with van der Waals surface area (Å²) in [6.45, 7) is 0.671. The van der Waals surface area contributed by atoms with Crippen molar-refractivity contribution in [1.29, 1.82) is 0 Å². The van der Waals surface area contributed by atoms with Crippen LogP contribution >= 0.6 is 0 Å². The fourth-order valence-corrected chi connectivity index (χ4v) is 1.69. The molecule has 1 aromatic carbocycles. The molecule has 2 nitrogen and oxygen atoms in total. The van der Waals surface area contributed by atoms with Crippen molar-refractivity contribution in [2.75, 3.05) is 17.6 Å². The third-order valence-corrected chi connectivity index (χ3v) is 2.92. The van der Waals surface area contributed by atoms with Gasteiger partial charge in [0.1, 0.15) is 0 Å². The van der Waals surface area contributed by atoms with E-state index in [1.807, 2.05) is 0 Å². The van der Waals surface area contributed by atoms with E-state index in [1.165, 1.54) is 12.5 Å². The van der Waals surface area contributed by atoms with Crippen LogP contribution in [0.5, 0.6) is 0 Å². The molecule has 0 heterocycles. The zero-order chi connectivity index (χ0) is 10.8. The summed E-state index contributed by atoms with van der Waals surface area (Å²) in [4.78, 5) is 0. The Bertz CT molecular complexity index is 362. The molecule has 0 saturated heterocycles. The molecule has 3 N–H and O–H groups in total. The van der Waals surface area contributed by atoms with Crippen molar-refractivity contribution in [3.63, 3.8) is 0 Å². The van der Waals surface area contributed by atoms with Crippen molar-refractivity contribution in [2.24, 2.45) is 5.92 Å². The average Bonchev–Trinajstić information content (AvgIpc) is 2.15.